The average Bonchev–Trinajstić information content (AvgIpc) is 2.90. The van der Waals surface area contributed by atoms with Crippen molar-refractivity contribution in [2.24, 2.45) is 0 Å². The zero-order chi connectivity index (χ0) is 13.9. The van der Waals surface area contributed by atoms with Gasteiger partial charge in [0.1, 0.15) is 17.7 Å². The smallest absolute Gasteiger partial charge is 0.164 e. The number of hydrogen-bond acceptors (Lipinski definition) is 5. The minimum Gasteiger partial charge on any atom is -0.370 e. The van der Waals surface area contributed by atoms with Crippen molar-refractivity contribution in [3.8, 4) is 5.82 Å². The molecule has 0 fully saturated rings. The van der Waals surface area contributed by atoms with Crippen molar-refractivity contribution in [1.29, 1.82) is 0 Å². The van der Waals surface area contributed by atoms with Crippen LogP contribution in [0.5, 0.6) is 0 Å². The van der Waals surface area contributed by atoms with Gasteiger partial charge in [0.15, 0.2) is 5.82 Å². The number of aromatic nitrogens is 5. The fourth-order valence-electron chi connectivity index (χ4n) is 2.10. The second-order valence-corrected chi connectivity index (χ2v) is 4.59. The van der Waals surface area contributed by atoms with Gasteiger partial charge in [-0.2, -0.15) is 4.68 Å². The molecule has 3 aromatic rings. The summed E-state index contributed by atoms with van der Waals surface area (Å²) in [4.78, 5) is 8.63. The van der Waals surface area contributed by atoms with Gasteiger partial charge < -0.3 is 5.32 Å². The molecule has 3 rings (SSSR count). The van der Waals surface area contributed by atoms with Gasteiger partial charge in [0, 0.05) is 12.1 Å². The molecule has 0 saturated carbocycles. The third-order valence-corrected chi connectivity index (χ3v) is 3.15. The molecule has 0 aliphatic rings. The Bertz CT molecular complexity index is 733. The molecule has 0 amide bonds. The van der Waals surface area contributed by atoms with Crippen LogP contribution >= 0.6 is 0 Å². The molecule has 102 valence electrons. The minimum atomic E-state index is 0.757. The van der Waals surface area contributed by atoms with E-state index in [0.717, 1.165) is 41.2 Å². The number of benzene rings is 1. The topological polar surface area (TPSA) is 68.5 Å². The van der Waals surface area contributed by atoms with Gasteiger partial charge in [-0.1, -0.05) is 24.3 Å². The first-order chi connectivity index (χ1) is 9.81. The van der Waals surface area contributed by atoms with Crippen LogP contribution in [0.2, 0.25) is 0 Å². The summed E-state index contributed by atoms with van der Waals surface area (Å²) >= 11 is 0. The number of para-hydroxylation sites is 1. The second kappa shape index (κ2) is 5.24. The zero-order valence-corrected chi connectivity index (χ0v) is 11.5. The Morgan fingerprint density at radius 3 is 2.90 bits per heavy atom. The molecule has 0 saturated heterocycles. The summed E-state index contributed by atoms with van der Waals surface area (Å²) in [6, 6.07) is 7.83. The highest BCUT2D eigenvalue weighted by Gasteiger charge is 2.12. The van der Waals surface area contributed by atoms with Crippen molar-refractivity contribution < 1.29 is 0 Å². The van der Waals surface area contributed by atoms with Crippen molar-refractivity contribution in [1.82, 2.24) is 25.0 Å². The highest BCUT2D eigenvalue weighted by atomic mass is 15.4. The Morgan fingerprint density at radius 2 is 2.05 bits per heavy atom. The molecule has 0 aliphatic heterocycles. The monoisotopic (exact) mass is 268 g/mol. The Labute approximate surface area is 116 Å². The summed E-state index contributed by atoms with van der Waals surface area (Å²) in [5.41, 5.74) is 2.76. The third-order valence-electron chi connectivity index (χ3n) is 3.15. The lowest BCUT2D eigenvalue weighted by Crippen LogP contribution is -2.09. The van der Waals surface area contributed by atoms with E-state index in [2.05, 4.69) is 32.5 Å². The van der Waals surface area contributed by atoms with Crippen molar-refractivity contribution in [3.63, 3.8) is 0 Å². The van der Waals surface area contributed by atoms with Crippen molar-refractivity contribution in [2.75, 3.05) is 11.9 Å². The molecule has 6 heteroatoms. The highest BCUT2D eigenvalue weighted by Crippen LogP contribution is 2.20. The largest absolute Gasteiger partial charge is 0.370 e. The standard InChI is InChI=1S/C14H16N6/c1-3-8-15-13-10(2)14(17-9-16-13)20-12-7-5-4-6-11(12)18-19-20/h4-7,9H,3,8H2,1-2H3,(H,15,16,17). The summed E-state index contributed by atoms with van der Waals surface area (Å²) in [5, 5.41) is 11.7. The van der Waals surface area contributed by atoms with Gasteiger partial charge in [-0.05, 0) is 25.5 Å². The van der Waals surface area contributed by atoms with Crippen LogP contribution in [0, 0.1) is 6.92 Å². The van der Waals surface area contributed by atoms with E-state index >= 15 is 0 Å². The minimum absolute atomic E-state index is 0.757. The molecule has 0 spiro atoms. The van der Waals surface area contributed by atoms with Crippen LogP contribution in [-0.2, 0) is 0 Å². The molecule has 2 aromatic heterocycles. The Kier molecular flexibility index (Phi) is 3.28. The number of rotatable bonds is 4. The van der Waals surface area contributed by atoms with Crippen LogP contribution in [0.1, 0.15) is 18.9 Å². The van der Waals surface area contributed by atoms with E-state index in [1.165, 1.54) is 0 Å². The Morgan fingerprint density at radius 1 is 1.20 bits per heavy atom. The number of fused-ring (bicyclic) bond motifs is 1. The first-order valence-corrected chi connectivity index (χ1v) is 6.67. The fraction of sp³-hybridized carbons (Fsp3) is 0.286. The zero-order valence-electron chi connectivity index (χ0n) is 11.5. The van der Waals surface area contributed by atoms with Crippen molar-refractivity contribution in [3.05, 3.63) is 36.2 Å². The summed E-state index contributed by atoms with van der Waals surface area (Å²) in [5.74, 6) is 1.60. The first-order valence-electron chi connectivity index (χ1n) is 6.67. The van der Waals surface area contributed by atoms with Crippen LogP contribution in [-0.4, -0.2) is 31.5 Å². The van der Waals surface area contributed by atoms with E-state index in [9.17, 15) is 0 Å². The maximum Gasteiger partial charge on any atom is 0.164 e. The fourth-order valence-corrected chi connectivity index (χ4v) is 2.10. The Hall–Kier alpha value is -2.50. The van der Waals surface area contributed by atoms with Gasteiger partial charge >= 0.3 is 0 Å². The molecule has 1 aromatic carbocycles. The van der Waals surface area contributed by atoms with E-state index in [1.807, 2.05) is 31.2 Å². The summed E-state index contributed by atoms with van der Waals surface area (Å²) in [7, 11) is 0. The molecule has 6 nitrogen and oxygen atoms in total. The number of nitrogens with zero attached hydrogens (tertiary/aromatic N) is 5. The number of nitrogens with one attached hydrogen (secondary N) is 1. The lowest BCUT2D eigenvalue weighted by atomic mass is 10.3. The molecule has 2 heterocycles. The molecule has 0 aliphatic carbocycles. The third kappa shape index (κ3) is 2.09. The van der Waals surface area contributed by atoms with Crippen LogP contribution in [0.15, 0.2) is 30.6 Å². The second-order valence-electron chi connectivity index (χ2n) is 4.59. The van der Waals surface area contributed by atoms with Gasteiger partial charge in [0.25, 0.3) is 0 Å². The Balaban J connectivity index is 2.10. The maximum atomic E-state index is 4.35. The van der Waals surface area contributed by atoms with E-state index in [4.69, 9.17) is 0 Å². The molecule has 20 heavy (non-hydrogen) atoms. The van der Waals surface area contributed by atoms with Crippen molar-refractivity contribution in [2.45, 2.75) is 20.3 Å². The van der Waals surface area contributed by atoms with Gasteiger partial charge in [-0.3, -0.25) is 0 Å². The van der Waals surface area contributed by atoms with Gasteiger partial charge in [-0.25, -0.2) is 9.97 Å². The van der Waals surface area contributed by atoms with E-state index in [-0.39, 0.29) is 0 Å². The summed E-state index contributed by atoms with van der Waals surface area (Å²) < 4.78 is 1.75. The average molecular weight is 268 g/mol. The van der Waals surface area contributed by atoms with Crippen molar-refractivity contribution >= 4 is 16.9 Å². The normalized spacial score (nSPS) is 10.9. The number of hydrogen-bond donors (Lipinski definition) is 1. The lowest BCUT2D eigenvalue weighted by molar-refractivity contribution is 0.789. The molecule has 0 atom stereocenters. The van der Waals surface area contributed by atoms with Gasteiger partial charge in [0.05, 0.1) is 5.52 Å². The van der Waals surface area contributed by atoms with Gasteiger partial charge in [-0.15, -0.1) is 5.10 Å². The van der Waals surface area contributed by atoms with Crippen LogP contribution < -0.4 is 5.32 Å². The van der Waals surface area contributed by atoms with E-state index < -0.39 is 0 Å². The van der Waals surface area contributed by atoms with E-state index in [1.54, 1.807) is 11.0 Å². The first kappa shape index (κ1) is 12.5. The predicted octanol–water partition coefficient (Wildman–Crippen LogP) is 2.34. The molecular formula is C14H16N6. The van der Waals surface area contributed by atoms with E-state index in [0.29, 0.717) is 0 Å². The number of anilines is 1. The lowest BCUT2D eigenvalue weighted by Gasteiger charge is -2.10. The predicted molar refractivity (Wildman–Crippen MR) is 78.0 cm³/mol. The van der Waals surface area contributed by atoms with Crippen LogP contribution in [0.25, 0.3) is 16.9 Å². The molecule has 0 bridgehead atoms. The molecular weight excluding hydrogens is 252 g/mol. The maximum absolute atomic E-state index is 4.35. The summed E-state index contributed by atoms with van der Waals surface area (Å²) in [6.07, 6.45) is 2.60. The SMILES string of the molecule is CCCNc1ncnc(-n2nnc3ccccc32)c1C. The molecule has 0 radical (unpaired) electrons. The summed E-state index contributed by atoms with van der Waals surface area (Å²) in [6.45, 7) is 4.99. The van der Waals surface area contributed by atoms with Crippen LogP contribution in [0.3, 0.4) is 0 Å². The molecule has 1 N–H and O–H groups in total. The quantitative estimate of drug-likeness (QED) is 0.786. The van der Waals surface area contributed by atoms with Crippen LogP contribution in [0.4, 0.5) is 5.82 Å². The molecule has 0 unspecified atom stereocenters. The highest BCUT2D eigenvalue weighted by molar-refractivity contribution is 5.76. The van der Waals surface area contributed by atoms with Gasteiger partial charge in [0.2, 0.25) is 0 Å².